The van der Waals surface area contributed by atoms with E-state index in [0.29, 0.717) is 30.5 Å². The highest BCUT2D eigenvalue weighted by Crippen LogP contribution is 2.41. The summed E-state index contributed by atoms with van der Waals surface area (Å²) in [5.41, 5.74) is 2.84. The van der Waals surface area contributed by atoms with E-state index in [9.17, 15) is 14.0 Å². The van der Waals surface area contributed by atoms with Gasteiger partial charge in [0.1, 0.15) is 23.9 Å². The van der Waals surface area contributed by atoms with Crippen LogP contribution < -0.4 is 10.1 Å². The molecule has 0 bridgehead atoms. The predicted molar refractivity (Wildman–Crippen MR) is 131 cm³/mol. The topological polar surface area (TPSA) is 71.8 Å². The van der Waals surface area contributed by atoms with E-state index in [2.05, 4.69) is 5.32 Å². The Morgan fingerprint density at radius 1 is 1.06 bits per heavy atom. The van der Waals surface area contributed by atoms with Crippen LogP contribution in [-0.2, 0) is 17.8 Å². The highest BCUT2D eigenvalue weighted by Gasteiger charge is 2.39. The fourth-order valence-electron chi connectivity index (χ4n) is 4.90. The van der Waals surface area contributed by atoms with Gasteiger partial charge in [0.25, 0.3) is 5.91 Å². The van der Waals surface area contributed by atoms with E-state index < -0.39 is 0 Å². The number of nitrogens with one attached hydrogen (secondary N) is 1. The first-order chi connectivity index (χ1) is 17.5. The lowest BCUT2D eigenvalue weighted by molar-refractivity contribution is -0.134. The van der Waals surface area contributed by atoms with Crippen LogP contribution in [0.5, 0.6) is 5.75 Å². The van der Waals surface area contributed by atoms with Gasteiger partial charge in [-0.05, 0) is 91.1 Å². The van der Waals surface area contributed by atoms with E-state index in [4.69, 9.17) is 9.15 Å². The SMILES string of the molecule is O=C(NCC1CC1)c1ccc(COc2ccc3c(c2)[C@@H](c2cccc(F)c2)N(C(=O)C2CC2)CC3)o1. The molecule has 0 spiro atoms. The molecular weight excluding hydrogens is 459 g/mol. The van der Waals surface area contributed by atoms with E-state index in [1.54, 1.807) is 18.2 Å². The van der Waals surface area contributed by atoms with Crippen LogP contribution in [0.1, 0.15) is 64.7 Å². The number of halogens is 1. The van der Waals surface area contributed by atoms with Crippen molar-refractivity contribution in [3.8, 4) is 5.75 Å². The van der Waals surface area contributed by atoms with E-state index in [-0.39, 0.29) is 42.0 Å². The van der Waals surface area contributed by atoms with Crippen LogP contribution >= 0.6 is 0 Å². The van der Waals surface area contributed by atoms with Gasteiger partial charge in [0.15, 0.2) is 5.76 Å². The molecule has 1 aromatic heterocycles. The summed E-state index contributed by atoms with van der Waals surface area (Å²) in [6.45, 7) is 1.47. The summed E-state index contributed by atoms with van der Waals surface area (Å²) in [6, 6.07) is 15.4. The predicted octanol–water partition coefficient (Wildman–Crippen LogP) is 5.02. The Kier molecular flexibility index (Phi) is 5.99. The van der Waals surface area contributed by atoms with E-state index in [0.717, 1.165) is 36.0 Å². The molecule has 0 unspecified atom stereocenters. The maximum absolute atomic E-state index is 14.2. The Morgan fingerprint density at radius 2 is 1.92 bits per heavy atom. The van der Waals surface area contributed by atoms with Gasteiger partial charge in [0.05, 0.1) is 6.04 Å². The van der Waals surface area contributed by atoms with Gasteiger partial charge in [-0.1, -0.05) is 18.2 Å². The normalized spacial score (nSPS) is 19.0. The van der Waals surface area contributed by atoms with Crippen molar-refractivity contribution in [1.82, 2.24) is 10.2 Å². The largest absolute Gasteiger partial charge is 0.486 e. The molecule has 0 radical (unpaired) electrons. The number of nitrogens with zero attached hydrogens (tertiary/aromatic N) is 1. The lowest BCUT2D eigenvalue weighted by Crippen LogP contribution is -2.41. The van der Waals surface area contributed by atoms with Gasteiger partial charge in [-0.25, -0.2) is 4.39 Å². The summed E-state index contributed by atoms with van der Waals surface area (Å²) >= 11 is 0. The van der Waals surface area contributed by atoms with Gasteiger partial charge >= 0.3 is 0 Å². The van der Waals surface area contributed by atoms with Crippen LogP contribution in [0.4, 0.5) is 4.39 Å². The Labute approximate surface area is 209 Å². The summed E-state index contributed by atoms with van der Waals surface area (Å²) < 4.78 is 25.9. The molecule has 2 aromatic carbocycles. The molecule has 3 aliphatic rings. The lowest BCUT2D eigenvalue weighted by atomic mass is 9.87. The molecule has 6 nitrogen and oxygen atoms in total. The van der Waals surface area contributed by atoms with Crippen molar-refractivity contribution < 1.29 is 23.1 Å². The minimum absolute atomic E-state index is 0.0802. The van der Waals surface area contributed by atoms with Crippen molar-refractivity contribution in [2.75, 3.05) is 13.1 Å². The van der Waals surface area contributed by atoms with Crippen LogP contribution in [0.25, 0.3) is 0 Å². The zero-order valence-electron chi connectivity index (χ0n) is 20.0. The molecule has 6 rings (SSSR count). The van der Waals surface area contributed by atoms with Gasteiger partial charge in [0, 0.05) is 19.0 Å². The fraction of sp³-hybridized carbons (Fsp3) is 0.379. The molecule has 2 aliphatic carbocycles. The van der Waals surface area contributed by atoms with Crippen molar-refractivity contribution >= 4 is 11.8 Å². The average Bonchev–Trinajstić information content (AvgIpc) is 3.83. The van der Waals surface area contributed by atoms with Gasteiger partial charge < -0.3 is 19.4 Å². The molecule has 2 amide bonds. The first-order valence-electron chi connectivity index (χ1n) is 12.7. The molecule has 1 atom stereocenters. The second-order valence-electron chi connectivity index (χ2n) is 10.1. The van der Waals surface area contributed by atoms with E-state index in [1.165, 1.54) is 25.0 Å². The smallest absolute Gasteiger partial charge is 0.287 e. The monoisotopic (exact) mass is 488 g/mol. The molecule has 0 saturated heterocycles. The molecule has 2 heterocycles. The number of furan rings is 1. The van der Waals surface area contributed by atoms with Crippen molar-refractivity contribution in [3.05, 3.63) is 88.6 Å². The molecule has 7 heteroatoms. The molecule has 2 fully saturated rings. The first-order valence-corrected chi connectivity index (χ1v) is 12.7. The number of hydrogen-bond donors (Lipinski definition) is 1. The second kappa shape index (κ2) is 9.45. The number of ether oxygens (including phenoxy) is 1. The highest BCUT2D eigenvalue weighted by atomic mass is 19.1. The minimum atomic E-state index is -0.355. The van der Waals surface area contributed by atoms with Gasteiger partial charge in [-0.2, -0.15) is 0 Å². The van der Waals surface area contributed by atoms with Crippen molar-refractivity contribution in [2.45, 2.75) is 44.8 Å². The van der Waals surface area contributed by atoms with Crippen LogP contribution in [0.3, 0.4) is 0 Å². The first kappa shape index (κ1) is 22.8. The maximum Gasteiger partial charge on any atom is 0.287 e. The zero-order chi connectivity index (χ0) is 24.6. The van der Waals surface area contributed by atoms with Gasteiger partial charge in [-0.15, -0.1) is 0 Å². The summed E-state index contributed by atoms with van der Waals surface area (Å²) in [6.07, 6.45) is 4.93. The van der Waals surface area contributed by atoms with Gasteiger partial charge in [0.2, 0.25) is 5.91 Å². The number of rotatable bonds is 8. The number of carbonyl (C=O) groups is 2. The third-order valence-electron chi connectivity index (χ3n) is 7.23. The molecule has 186 valence electrons. The summed E-state index contributed by atoms with van der Waals surface area (Å²) in [5, 5.41) is 2.90. The van der Waals surface area contributed by atoms with Crippen molar-refractivity contribution in [2.24, 2.45) is 11.8 Å². The molecule has 3 aromatic rings. The minimum Gasteiger partial charge on any atom is -0.486 e. The third kappa shape index (κ3) is 4.87. The Morgan fingerprint density at radius 3 is 2.69 bits per heavy atom. The highest BCUT2D eigenvalue weighted by molar-refractivity contribution is 5.91. The second-order valence-corrected chi connectivity index (χ2v) is 10.1. The summed E-state index contributed by atoms with van der Waals surface area (Å²) in [5.74, 6) is 1.76. The fourth-order valence-corrected chi connectivity index (χ4v) is 4.90. The Bertz CT molecular complexity index is 1290. The third-order valence-corrected chi connectivity index (χ3v) is 7.23. The Balaban J connectivity index is 1.21. The van der Waals surface area contributed by atoms with Crippen molar-refractivity contribution in [1.29, 1.82) is 0 Å². The zero-order valence-corrected chi connectivity index (χ0v) is 20.0. The van der Waals surface area contributed by atoms with Crippen LogP contribution in [-0.4, -0.2) is 29.8 Å². The maximum atomic E-state index is 14.2. The molecule has 36 heavy (non-hydrogen) atoms. The summed E-state index contributed by atoms with van der Waals surface area (Å²) in [4.78, 5) is 27.3. The number of carbonyl (C=O) groups excluding carboxylic acids is 2. The van der Waals surface area contributed by atoms with Gasteiger partial charge in [-0.3, -0.25) is 9.59 Å². The standard InChI is InChI=1S/C29H29FN2O4/c30-22-3-1-2-21(14-22)27-25-15-23(9-8-19(25)12-13-32(27)29(34)20-6-7-20)35-17-24-10-11-26(36-24)28(33)31-16-18-4-5-18/h1-3,8-11,14-15,18,20,27H,4-7,12-13,16-17H2,(H,31,33)/t27-/m1/s1. The van der Waals surface area contributed by atoms with Crippen LogP contribution in [0.2, 0.25) is 0 Å². The van der Waals surface area contributed by atoms with Crippen LogP contribution in [0, 0.1) is 17.7 Å². The number of hydrogen-bond acceptors (Lipinski definition) is 4. The molecule has 1 aliphatic heterocycles. The van der Waals surface area contributed by atoms with Crippen LogP contribution in [0.15, 0.2) is 59.0 Å². The lowest BCUT2D eigenvalue weighted by Gasteiger charge is -2.38. The number of amides is 2. The number of fused-ring (bicyclic) bond motifs is 1. The molecule has 2 saturated carbocycles. The molecular formula is C29H29FN2O4. The average molecular weight is 489 g/mol. The number of benzene rings is 2. The van der Waals surface area contributed by atoms with Crippen molar-refractivity contribution in [3.63, 3.8) is 0 Å². The molecule has 1 N–H and O–H groups in total. The quantitative estimate of drug-likeness (QED) is 0.483. The Hall–Kier alpha value is -3.61. The summed E-state index contributed by atoms with van der Waals surface area (Å²) in [7, 11) is 0. The van der Waals surface area contributed by atoms with E-state index >= 15 is 0 Å². The van der Waals surface area contributed by atoms with E-state index in [1.807, 2.05) is 29.2 Å².